The second kappa shape index (κ2) is 8.36. The molecule has 1 atom stereocenters. The van der Waals surface area contributed by atoms with Crippen molar-refractivity contribution in [2.45, 2.75) is 24.0 Å². The van der Waals surface area contributed by atoms with Crippen LogP contribution in [0.4, 0.5) is 5.69 Å². The maximum atomic E-state index is 13.0. The number of rotatable bonds is 8. The van der Waals surface area contributed by atoms with Crippen LogP contribution in [0.5, 0.6) is 5.75 Å². The van der Waals surface area contributed by atoms with Gasteiger partial charge in [0.2, 0.25) is 0 Å². The number of hydrogen-bond acceptors (Lipinski definition) is 5. The van der Waals surface area contributed by atoms with Gasteiger partial charge >= 0.3 is 0 Å². The molecule has 0 aliphatic carbocycles. The Kier molecular flexibility index (Phi) is 6.45. The zero-order valence-electron chi connectivity index (χ0n) is 15.0. The number of nitrogens with zero attached hydrogens (tertiary/aromatic N) is 1. The van der Waals surface area contributed by atoms with E-state index in [-0.39, 0.29) is 11.4 Å². The first-order valence-electron chi connectivity index (χ1n) is 8.40. The van der Waals surface area contributed by atoms with E-state index < -0.39 is 15.1 Å². The molecule has 2 N–H and O–H groups in total. The van der Waals surface area contributed by atoms with E-state index in [0.29, 0.717) is 11.3 Å². The highest BCUT2D eigenvalue weighted by molar-refractivity contribution is 7.91. The standard InChI is InChI=1S/C19H26N2O3S/c1-4-21(5-2)16-8-6-15(7-9-16)19(14-20)25(22,23)18-12-10-17(24-3)11-13-18/h6-13,19H,4-5,14,20H2,1-3H3/t19-/m0/s1. The van der Waals surface area contributed by atoms with Gasteiger partial charge in [0.25, 0.3) is 0 Å². The third kappa shape index (κ3) is 4.14. The zero-order valence-corrected chi connectivity index (χ0v) is 15.8. The molecule has 0 saturated heterocycles. The van der Waals surface area contributed by atoms with Crippen LogP contribution in [0.3, 0.4) is 0 Å². The molecule has 0 aliphatic rings. The molecule has 2 rings (SSSR count). The SMILES string of the molecule is CCN(CC)c1ccc([C@H](CN)S(=O)(=O)c2ccc(OC)cc2)cc1. The van der Waals surface area contributed by atoms with Crippen LogP contribution in [0.15, 0.2) is 53.4 Å². The van der Waals surface area contributed by atoms with Gasteiger partial charge < -0.3 is 15.4 Å². The Morgan fingerprint density at radius 3 is 2.00 bits per heavy atom. The number of methoxy groups -OCH3 is 1. The number of ether oxygens (including phenoxy) is 1. The lowest BCUT2D eigenvalue weighted by Gasteiger charge is -2.22. The number of anilines is 1. The lowest BCUT2D eigenvalue weighted by molar-refractivity contribution is 0.414. The number of nitrogens with two attached hydrogens (primary N) is 1. The van der Waals surface area contributed by atoms with Crippen LogP contribution in [0, 0.1) is 0 Å². The molecule has 5 nitrogen and oxygen atoms in total. The smallest absolute Gasteiger partial charge is 0.186 e. The molecular weight excluding hydrogens is 336 g/mol. The van der Waals surface area contributed by atoms with Gasteiger partial charge in [-0.1, -0.05) is 12.1 Å². The van der Waals surface area contributed by atoms with Gasteiger partial charge in [-0.05, 0) is 55.8 Å². The fraction of sp³-hybridized carbons (Fsp3) is 0.368. The van der Waals surface area contributed by atoms with Crippen LogP contribution >= 0.6 is 0 Å². The van der Waals surface area contributed by atoms with Crippen molar-refractivity contribution in [2.24, 2.45) is 5.73 Å². The van der Waals surface area contributed by atoms with E-state index in [1.54, 1.807) is 31.4 Å². The highest BCUT2D eigenvalue weighted by Crippen LogP contribution is 2.30. The summed E-state index contributed by atoms with van der Waals surface area (Å²) in [6.45, 7) is 6.02. The van der Waals surface area contributed by atoms with Gasteiger partial charge in [-0.2, -0.15) is 0 Å². The maximum Gasteiger partial charge on any atom is 0.186 e. The normalized spacial score (nSPS) is 12.6. The minimum Gasteiger partial charge on any atom is -0.497 e. The van der Waals surface area contributed by atoms with Crippen molar-refractivity contribution < 1.29 is 13.2 Å². The summed E-state index contributed by atoms with van der Waals surface area (Å²) in [4.78, 5) is 2.45. The quantitative estimate of drug-likeness (QED) is 0.781. The first-order valence-corrected chi connectivity index (χ1v) is 9.95. The largest absolute Gasteiger partial charge is 0.497 e. The molecule has 0 amide bonds. The van der Waals surface area contributed by atoms with Crippen LogP contribution in [0.1, 0.15) is 24.7 Å². The van der Waals surface area contributed by atoms with Crippen LogP contribution in [-0.2, 0) is 9.84 Å². The van der Waals surface area contributed by atoms with E-state index in [4.69, 9.17) is 10.5 Å². The molecule has 0 radical (unpaired) electrons. The van der Waals surface area contributed by atoms with Gasteiger partial charge in [0.1, 0.15) is 11.0 Å². The van der Waals surface area contributed by atoms with E-state index in [2.05, 4.69) is 18.7 Å². The zero-order chi connectivity index (χ0) is 18.4. The van der Waals surface area contributed by atoms with E-state index in [1.807, 2.05) is 24.3 Å². The summed E-state index contributed by atoms with van der Waals surface area (Å²) in [5.41, 5.74) is 7.60. The average molecular weight is 362 g/mol. The molecular formula is C19H26N2O3S. The minimum absolute atomic E-state index is 0.0268. The van der Waals surface area contributed by atoms with Gasteiger partial charge in [0.15, 0.2) is 9.84 Å². The molecule has 0 heterocycles. The lowest BCUT2D eigenvalue weighted by Crippen LogP contribution is -2.23. The van der Waals surface area contributed by atoms with Crippen LogP contribution in [0.25, 0.3) is 0 Å². The molecule has 0 spiro atoms. The Labute approximate surface area is 150 Å². The third-order valence-electron chi connectivity index (χ3n) is 4.37. The third-order valence-corrected chi connectivity index (χ3v) is 6.51. The summed E-state index contributed by atoms with van der Waals surface area (Å²) in [5, 5.41) is -0.772. The minimum atomic E-state index is -3.57. The van der Waals surface area contributed by atoms with Crippen molar-refractivity contribution in [3.63, 3.8) is 0 Å². The predicted octanol–water partition coefficient (Wildman–Crippen LogP) is 3.02. The van der Waals surface area contributed by atoms with Crippen LogP contribution in [0.2, 0.25) is 0 Å². The maximum absolute atomic E-state index is 13.0. The molecule has 136 valence electrons. The summed E-state index contributed by atoms with van der Waals surface area (Å²) in [6.07, 6.45) is 0. The van der Waals surface area contributed by atoms with Gasteiger partial charge in [-0.15, -0.1) is 0 Å². The highest BCUT2D eigenvalue weighted by atomic mass is 32.2. The fourth-order valence-electron chi connectivity index (χ4n) is 2.86. The summed E-state index contributed by atoms with van der Waals surface area (Å²) in [7, 11) is -2.02. The topological polar surface area (TPSA) is 72.6 Å². The summed E-state index contributed by atoms with van der Waals surface area (Å²) < 4.78 is 31.0. The number of benzene rings is 2. The van der Waals surface area contributed by atoms with E-state index in [1.165, 1.54) is 0 Å². The molecule has 0 aromatic heterocycles. The van der Waals surface area contributed by atoms with E-state index in [0.717, 1.165) is 18.8 Å². The van der Waals surface area contributed by atoms with Crippen molar-refractivity contribution >= 4 is 15.5 Å². The molecule has 2 aromatic carbocycles. The van der Waals surface area contributed by atoms with Gasteiger partial charge in [0, 0.05) is 25.3 Å². The Bertz CT molecular complexity index is 767. The van der Waals surface area contributed by atoms with Crippen molar-refractivity contribution in [2.75, 3.05) is 31.6 Å². The van der Waals surface area contributed by atoms with Crippen LogP contribution < -0.4 is 15.4 Å². The average Bonchev–Trinajstić information content (AvgIpc) is 2.64. The Morgan fingerprint density at radius 2 is 1.56 bits per heavy atom. The van der Waals surface area contributed by atoms with Gasteiger partial charge in [-0.25, -0.2) is 8.42 Å². The number of hydrogen-bond donors (Lipinski definition) is 1. The monoisotopic (exact) mass is 362 g/mol. The molecule has 0 bridgehead atoms. The van der Waals surface area contributed by atoms with Crippen molar-refractivity contribution in [1.82, 2.24) is 0 Å². The van der Waals surface area contributed by atoms with Crippen molar-refractivity contribution in [3.05, 3.63) is 54.1 Å². The molecule has 0 saturated carbocycles. The predicted molar refractivity (Wildman–Crippen MR) is 102 cm³/mol. The summed E-state index contributed by atoms with van der Waals surface area (Å²) in [5.74, 6) is 0.617. The summed E-state index contributed by atoms with van der Waals surface area (Å²) >= 11 is 0. The van der Waals surface area contributed by atoms with E-state index in [9.17, 15) is 8.42 Å². The van der Waals surface area contributed by atoms with Crippen molar-refractivity contribution in [1.29, 1.82) is 0 Å². The second-order valence-corrected chi connectivity index (χ2v) is 7.84. The molecule has 0 fully saturated rings. The van der Waals surface area contributed by atoms with E-state index >= 15 is 0 Å². The summed E-state index contributed by atoms with van der Waals surface area (Å²) in [6, 6.07) is 14.0. The molecule has 25 heavy (non-hydrogen) atoms. The molecule has 0 unspecified atom stereocenters. The highest BCUT2D eigenvalue weighted by Gasteiger charge is 2.28. The molecule has 6 heteroatoms. The Morgan fingerprint density at radius 1 is 1.00 bits per heavy atom. The van der Waals surface area contributed by atoms with Gasteiger partial charge in [0.05, 0.1) is 12.0 Å². The Hall–Kier alpha value is -2.05. The Balaban J connectivity index is 2.34. The van der Waals surface area contributed by atoms with Gasteiger partial charge in [-0.3, -0.25) is 0 Å². The molecule has 2 aromatic rings. The molecule has 0 aliphatic heterocycles. The van der Waals surface area contributed by atoms with Crippen molar-refractivity contribution in [3.8, 4) is 5.75 Å². The fourth-order valence-corrected chi connectivity index (χ4v) is 4.47. The second-order valence-electron chi connectivity index (χ2n) is 5.71. The first kappa shape index (κ1) is 19.3. The lowest BCUT2D eigenvalue weighted by atomic mass is 10.1. The van der Waals surface area contributed by atoms with Crippen LogP contribution in [-0.4, -0.2) is 35.2 Å². The number of sulfone groups is 1. The first-order chi connectivity index (χ1) is 12.0.